The highest BCUT2D eigenvalue weighted by atomic mass is 35.5. The summed E-state index contributed by atoms with van der Waals surface area (Å²) in [5, 5.41) is 15.6. The molecule has 0 atom stereocenters. The third kappa shape index (κ3) is 4.85. The van der Waals surface area contributed by atoms with Crippen molar-refractivity contribution in [3.05, 3.63) is 10.7 Å². The second-order valence-electron chi connectivity index (χ2n) is 6.68. The molecule has 0 aromatic carbocycles. The van der Waals surface area contributed by atoms with Gasteiger partial charge in [-0.25, -0.2) is 14.3 Å². The average Bonchev–Trinajstić information content (AvgIpc) is 2.75. The van der Waals surface area contributed by atoms with E-state index in [1.54, 1.807) is 20.8 Å². The predicted octanol–water partition coefficient (Wildman–Crippen LogP) is 3.01. The molecule has 0 bridgehead atoms. The number of ether oxygens (including phenoxy) is 2. The number of carbonyl (C=O) groups excluding carboxylic acids is 1. The van der Waals surface area contributed by atoms with E-state index in [1.165, 1.54) is 4.68 Å². The topological polar surface area (TPSA) is 103 Å². The van der Waals surface area contributed by atoms with E-state index in [-0.39, 0.29) is 22.5 Å². The lowest BCUT2D eigenvalue weighted by atomic mass is 10.0. The van der Waals surface area contributed by atoms with Gasteiger partial charge in [-0.3, -0.25) is 5.32 Å². The van der Waals surface area contributed by atoms with Crippen LogP contribution in [0.25, 0.3) is 0 Å². The molecule has 8 nitrogen and oxygen atoms in total. The van der Waals surface area contributed by atoms with E-state index in [0.717, 1.165) is 12.8 Å². The zero-order valence-corrected chi connectivity index (χ0v) is 14.7. The largest absolute Gasteiger partial charge is 0.476 e. The monoisotopic (exact) mass is 359 g/mol. The Labute approximate surface area is 145 Å². The molecule has 2 N–H and O–H groups in total. The molecule has 1 fully saturated rings. The number of halogens is 1. The van der Waals surface area contributed by atoms with Gasteiger partial charge in [0.05, 0.1) is 0 Å². The van der Waals surface area contributed by atoms with Crippen molar-refractivity contribution in [1.29, 1.82) is 0 Å². The van der Waals surface area contributed by atoms with Crippen LogP contribution in [0.4, 0.5) is 10.6 Å². The highest BCUT2D eigenvalue weighted by Gasteiger charge is 2.26. The zero-order valence-electron chi connectivity index (χ0n) is 14.0. The van der Waals surface area contributed by atoms with Crippen molar-refractivity contribution in [3.8, 4) is 0 Å². The first-order valence-electron chi connectivity index (χ1n) is 7.74. The van der Waals surface area contributed by atoms with Gasteiger partial charge in [0.1, 0.15) is 10.6 Å². The van der Waals surface area contributed by atoms with Gasteiger partial charge in [-0.2, -0.15) is 5.10 Å². The summed E-state index contributed by atoms with van der Waals surface area (Å²) in [6, 6.07) is 0. The average molecular weight is 360 g/mol. The number of nitrogens with zero attached hydrogens (tertiary/aromatic N) is 2. The number of hydrogen-bond acceptors (Lipinski definition) is 5. The molecular formula is C15H22ClN3O5. The lowest BCUT2D eigenvalue weighted by molar-refractivity contribution is 0.0591. The number of carboxylic acid groups (broad SMARTS) is 1. The first kappa shape index (κ1) is 18.5. The Morgan fingerprint density at radius 2 is 2.04 bits per heavy atom. The second-order valence-corrected chi connectivity index (χ2v) is 7.06. The summed E-state index contributed by atoms with van der Waals surface area (Å²) in [6.07, 6.45) is 0.965. The minimum atomic E-state index is -1.25. The molecule has 1 saturated heterocycles. The highest BCUT2D eigenvalue weighted by Crippen LogP contribution is 2.29. The smallest absolute Gasteiger partial charge is 0.413 e. The van der Waals surface area contributed by atoms with Crippen molar-refractivity contribution >= 4 is 29.5 Å². The zero-order chi connectivity index (χ0) is 17.9. The van der Waals surface area contributed by atoms with Crippen LogP contribution in [0.15, 0.2) is 0 Å². The molecule has 1 aliphatic heterocycles. The summed E-state index contributed by atoms with van der Waals surface area (Å²) in [4.78, 5) is 23.3. The molecule has 1 aromatic heterocycles. The van der Waals surface area contributed by atoms with Gasteiger partial charge in [0.25, 0.3) is 0 Å². The number of hydrogen-bond donors (Lipinski definition) is 2. The van der Waals surface area contributed by atoms with Gasteiger partial charge in [-0.1, -0.05) is 11.6 Å². The summed E-state index contributed by atoms with van der Waals surface area (Å²) >= 11 is 6.10. The fraction of sp³-hybridized carbons (Fsp3) is 0.667. The molecule has 1 amide bonds. The summed E-state index contributed by atoms with van der Waals surface area (Å²) in [5.74, 6) is -0.844. The van der Waals surface area contributed by atoms with Crippen LogP contribution < -0.4 is 5.32 Å². The number of carboxylic acids is 1. The van der Waals surface area contributed by atoms with Crippen molar-refractivity contribution in [2.45, 2.75) is 45.8 Å². The fourth-order valence-corrected chi connectivity index (χ4v) is 2.67. The maximum absolute atomic E-state index is 12.0. The number of rotatable bonds is 4. The van der Waals surface area contributed by atoms with Crippen LogP contribution in [-0.4, -0.2) is 45.8 Å². The van der Waals surface area contributed by atoms with Crippen LogP contribution >= 0.6 is 11.6 Å². The van der Waals surface area contributed by atoms with Crippen molar-refractivity contribution in [3.63, 3.8) is 0 Å². The van der Waals surface area contributed by atoms with Crippen LogP contribution in [0.3, 0.4) is 0 Å². The Balaban J connectivity index is 2.22. The number of aromatic carboxylic acids is 1. The summed E-state index contributed by atoms with van der Waals surface area (Å²) in [6.45, 7) is 6.95. The SMILES string of the molecule is CC(C)(C)OC(=O)Nc1c(Cl)c(C(=O)O)nn1CC1CCOCC1. The molecule has 9 heteroatoms. The number of anilines is 1. The Hall–Kier alpha value is -1.80. The van der Waals surface area contributed by atoms with Crippen LogP contribution in [0.5, 0.6) is 0 Å². The Bertz CT molecular complexity index is 617. The first-order valence-corrected chi connectivity index (χ1v) is 8.12. The molecule has 1 aromatic rings. The van der Waals surface area contributed by atoms with Crippen LogP contribution in [0, 0.1) is 5.92 Å². The minimum absolute atomic E-state index is 0.111. The first-order chi connectivity index (χ1) is 11.2. The van der Waals surface area contributed by atoms with Gasteiger partial charge in [0.15, 0.2) is 11.5 Å². The highest BCUT2D eigenvalue weighted by molar-refractivity contribution is 6.36. The van der Waals surface area contributed by atoms with Crippen molar-refractivity contribution < 1.29 is 24.2 Å². The Morgan fingerprint density at radius 1 is 1.42 bits per heavy atom. The number of aromatic nitrogens is 2. The van der Waals surface area contributed by atoms with Gasteiger partial charge in [0.2, 0.25) is 0 Å². The summed E-state index contributed by atoms with van der Waals surface area (Å²) in [7, 11) is 0. The number of amides is 1. The number of carbonyl (C=O) groups is 2. The molecule has 134 valence electrons. The van der Waals surface area contributed by atoms with E-state index in [4.69, 9.17) is 21.1 Å². The van der Waals surface area contributed by atoms with Crippen LogP contribution in [-0.2, 0) is 16.0 Å². The van der Waals surface area contributed by atoms with E-state index in [9.17, 15) is 14.7 Å². The fourth-order valence-electron chi connectivity index (χ4n) is 2.40. The van der Waals surface area contributed by atoms with Gasteiger partial charge in [-0.05, 0) is 39.5 Å². The molecule has 2 heterocycles. The van der Waals surface area contributed by atoms with Gasteiger partial charge in [0, 0.05) is 19.8 Å². The lowest BCUT2D eigenvalue weighted by Crippen LogP contribution is -2.29. The third-order valence-electron chi connectivity index (χ3n) is 3.49. The van der Waals surface area contributed by atoms with Crippen LogP contribution in [0.1, 0.15) is 44.1 Å². The molecule has 0 spiro atoms. The van der Waals surface area contributed by atoms with Crippen molar-refractivity contribution in [1.82, 2.24) is 9.78 Å². The van der Waals surface area contributed by atoms with E-state index in [0.29, 0.717) is 19.8 Å². The van der Waals surface area contributed by atoms with Crippen molar-refractivity contribution in [2.75, 3.05) is 18.5 Å². The summed E-state index contributed by atoms with van der Waals surface area (Å²) in [5.41, 5.74) is -0.979. The molecule has 1 aliphatic rings. The molecule has 0 saturated carbocycles. The molecule has 24 heavy (non-hydrogen) atoms. The Morgan fingerprint density at radius 3 is 2.58 bits per heavy atom. The number of nitrogens with one attached hydrogen (secondary N) is 1. The molecular weight excluding hydrogens is 338 g/mol. The van der Waals surface area contributed by atoms with E-state index >= 15 is 0 Å². The standard InChI is InChI=1S/C15H22ClN3O5/c1-15(2,3)24-14(22)17-12-10(16)11(13(20)21)18-19(12)8-9-4-6-23-7-5-9/h9H,4-8H2,1-3H3,(H,17,22)(H,20,21). The normalized spacial score (nSPS) is 16.0. The maximum atomic E-state index is 12.0. The molecule has 2 rings (SSSR count). The summed E-state index contributed by atoms with van der Waals surface area (Å²) < 4.78 is 11.9. The van der Waals surface area contributed by atoms with Gasteiger partial charge >= 0.3 is 12.1 Å². The molecule has 0 unspecified atom stereocenters. The molecule has 0 radical (unpaired) electrons. The van der Waals surface area contributed by atoms with Crippen molar-refractivity contribution in [2.24, 2.45) is 5.92 Å². The molecule has 0 aliphatic carbocycles. The Kier molecular flexibility index (Phi) is 5.71. The minimum Gasteiger partial charge on any atom is -0.476 e. The lowest BCUT2D eigenvalue weighted by Gasteiger charge is -2.23. The second kappa shape index (κ2) is 7.40. The van der Waals surface area contributed by atoms with E-state index in [2.05, 4.69) is 10.4 Å². The van der Waals surface area contributed by atoms with E-state index in [1.807, 2.05) is 0 Å². The van der Waals surface area contributed by atoms with Crippen LogP contribution in [0.2, 0.25) is 5.02 Å². The quantitative estimate of drug-likeness (QED) is 0.856. The van der Waals surface area contributed by atoms with Gasteiger partial charge in [-0.15, -0.1) is 0 Å². The van der Waals surface area contributed by atoms with E-state index < -0.39 is 17.7 Å². The maximum Gasteiger partial charge on any atom is 0.413 e. The van der Waals surface area contributed by atoms with Gasteiger partial charge < -0.3 is 14.6 Å². The predicted molar refractivity (Wildman–Crippen MR) is 87.6 cm³/mol. The third-order valence-corrected chi connectivity index (χ3v) is 3.85.